The third-order valence-electron chi connectivity index (χ3n) is 4.78. The molecule has 2 aromatic rings. The Balaban J connectivity index is 1.52. The molecule has 23 heavy (non-hydrogen) atoms. The van der Waals surface area contributed by atoms with E-state index in [9.17, 15) is 4.79 Å². The van der Waals surface area contributed by atoms with Crippen LogP contribution >= 0.6 is 0 Å². The quantitative estimate of drug-likeness (QED) is 0.923. The van der Waals surface area contributed by atoms with Gasteiger partial charge < -0.3 is 14.6 Å². The first-order valence-electron chi connectivity index (χ1n) is 8.57. The van der Waals surface area contributed by atoms with E-state index in [0.29, 0.717) is 18.3 Å². The number of fused-ring (bicyclic) bond motifs is 1. The van der Waals surface area contributed by atoms with E-state index in [1.807, 2.05) is 29.7 Å². The van der Waals surface area contributed by atoms with Crippen LogP contribution in [0.5, 0.6) is 0 Å². The zero-order valence-corrected chi connectivity index (χ0v) is 14.1. The minimum atomic E-state index is -0.0941. The number of rotatable bonds is 5. The molecule has 1 aliphatic carbocycles. The first-order valence-corrected chi connectivity index (χ1v) is 8.57. The highest BCUT2D eigenvalue weighted by Crippen LogP contribution is 2.21. The van der Waals surface area contributed by atoms with Gasteiger partial charge in [-0.15, -0.1) is 0 Å². The van der Waals surface area contributed by atoms with Gasteiger partial charge in [-0.3, -0.25) is 4.79 Å². The first kappa shape index (κ1) is 16.0. The van der Waals surface area contributed by atoms with Crippen molar-refractivity contribution in [1.82, 2.24) is 19.6 Å². The van der Waals surface area contributed by atoms with Gasteiger partial charge in [-0.05, 0) is 38.4 Å². The van der Waals surface area contributed by atoms with Crippen LogP contribution in [0.2, 0.25) is 0 Å². The highest BCUT2D eigenvalue weighted by atomic mass is 16.1. The molecule has 1 aliphatic rings. The van der Waals surface area contributed by atoms with Gasteiger partial charge in [0, 0.05) is 31.5 Å². The Kier molecular flexibility index (Phi) is 4.96. The van der Waals surface area contributed by atoms with Crippen molar-refractivity contribution in [2.75, 3.05) is 20.1 Å². The molecular formula is C18H26N4O. The summed E-state index contributed by atoms with van der Waals surface area (Å²) in [5.41, 5.74) is 2.44. The summed E-state index contributed by atoms with van der Waals surface area (Å²) in [5.74, 6) is -0.0941. The lowest BCUT2D eigenvalue weighted by Gasteiger charge is -2.31. The molecule has 1 amide bonds. The van der Waals surface area contributed by atoms with Gasteiger partial charge in [0.2, 0.25) is 0 Å². The van der Waals surface area contributed by atoms with Crippen LogP contribution in [0.25, 0.3) is 5.65 Å². The van der Waals surface area contributed by atoms with Gasteiger partial charge in [-0.1, -0.05) is 25.3 Å². The molecule has 0 bridgehead atoms. The lowest BCUT2D eigenvalue weighted by molar-refractivity contribution is 0.0940. The average molecular weight is 314 g/mol. The normalized spacial score (nSPS) is 16.1. The third-order valence-corrected chi connectivity index (χ3v) is 4.78. The molecule has 0 spiro atoms. The maximum atomic E-state index is 12.3. The Morgan fingerprint density at radius 2 is 2.09 bits per heavy atom. The second-order valence-corrected chi connectivity index (χ2v) is 6.63. The van der Waals surface area contributed by atoms with Crippen molar-refractivity contribution in [3.8, 4) is 0 Å². The monoisotopic (exact) mass is 314 g/mol. The molecule has 0 aliphatic heterocycles. The molecule has 0 saturated heterocycles. The van der Waals surface area contributed by atoms with Crippen molar-refractivity contribution in [2.45, 2.75) is 45.1 Å². The van der Waals surface area contributed by atoms with Crippen molar-refractivity contribution >= 4 is 11.6 Å². The maximum absolute atomic E-state index is 12.3. The van der Waals surface area contributed by atoms with E-state index in [1.165, 1.54) is 32.1 Å². The number of amides is 1. The average Bonchev–Trinajstić information content (AvgIpc) is 2.98. The summed E-state index contributed by atoms with van der Waals surface area (Å²) in [6.45, 7) is 3.59. The fraction of sp³-hybridized carbons (Fsp3) is 0.556. The number of aryl methyl sites for hydroxylation is 1. The number of pyridine rings is 1. The Hall–Kier alpha value is -1.88. The van der Waals surface area contributed by atoms with Gasteiger partial charge in [0.15, 0.2) is 0 Å². The Labute approximate surface area is 137 Å². The van der Waals surface area contributed by atoms with Crippen molar-refractivity contribution in [3.63, 3.8) is 0 Å². The highest BCUT2D eigenvalue weighted by Gasteiger charge is 2.18. The summed E-state index contributed by atoms with van der Waals surface area (Å²) in [6, 6.07) is 4.62. The van der Waals surface area contributed by atoms with E-state index in [2.05, 4.69) is 22.2 Å². The van der Waals surface area contributed by atoms with Gasteiger partial charge in [0.1, 0.15) is 11.3 Å². The lowest BCUT2D eigenvalue weighted by atomic mass is 9.94. The number of carbonyl (C=O) groups is 1. The standard InChI is InChI=1S/C18H26N4O/c1-14-8-9-17-20-16(13-22(17)12-14)18(23)19-10-11-21(2)15-6-4-3-5-7-15/h8-9,12-13,15H,3-7,10-11H2,1-2H3,(H,19,23). The predicted molar refractivity (Wildman–Crippen MR) is 91.8 cm³/mol. The molecule has 0 unspecified atom stereocenters. The van der Waals surface area contributed by atoms with E-state index in [4.69, 9.17) is 0 Å². The van der Waals surface area contributed by atoms with E-state index in [0.717, 1.165) is 17.8 Å². The summed E-state index contributed by atoms with van der Waals surface area (Å²) in [5, 5.41) is 2.99. The summed E-state index contributed by atoms with van der Waals surface area (Å²) >= 11 is 0. The van der Waals surface area contributed by atoms with Crippen molar-refractivity contribution in [2.24, 2.45) is 0 Å². The summed E-state index contributed by atoms with van der Waals surface area (Å²) in [4.78, 5) is 19.0. The fourth-order valence-electron chi connectivity index (χ4n) is 3.35. The lowest BCUT2D eigenvalue weighted by Crippen LogP contribution is -2.39. The second-order valence-electron chi connectivity index (χ2n) is 6.63. The Bertz CT molecular complexity index is 673. The molecular weight excluding hydrogens is 288 g/mol. The molecule has 124 valence electrons. The molecule has 2 heterocycles. The number of nitrogens with one attached hydrogen (secondary N) is 1. The van der Waals surface area contributed by atoms with Crippen molar-refractivity contribution < 1.29 is 4.79 Å². The molecule has 5 nitrogen and oxygen atoms in total. The number of likely N-dealkylation sites (N-methyl/N-ethyl adjacent to an activating group) is 1. The van der Waals surface area contributed by atoms with Crippen LogP contribution in [0.4, 0.5) is 0 Å². The van der Waals surface area contributed by atoms with Gasteiger partial charge >= 0.3 is 0 Å². The smallest absolute Gasteiger partial charge is 0.271 e. The molecule has 1 N–H and O–H groups in total. The van der Waals surface area contributed by atoms with Crippen LogP contribution < -0.4 is 5.32 Å². The van der Waals surface area contributed by atoms with E-state index < -0.39 is 0 Å². The topological polar surface area (TPSA) is 49.6 Å². The van der Waals surface area contributed by atoms with Crippen LogP contribution in [0.3, 0.4) is 0 Å². The molecule has 5 heteroatoms. The van der Waals surface area contributed by atoms with Gasteiger partial charge in [-0.2, -0.15) is 0 Å². The number of carbonyl (C=O) groups excluding carboxylic acids is 1. The summed E-state index contributed by atoms with van der Waals surface area (Å²) < 4.78 is 1.90. The molecule has 0 atom stereocenters. The minimum absolute atomic E-state index is 0.0941. The number of aromatic nitrogens is 2. The molecule has 2 aromatic heterocycles. The SMILES string of the molecule is Cc1ccc2nc(C(=O)NCCN(C)C3CCCCC3)cn2c1. The van der Waals surface area contributed by atoms with Gasteiger partial charge in [-0.25, -0.2) is 4.98 Å². The summed E-state index contributed by atoms with van der Waals surface area (Å²) in [6.07, 6.45) is 10.4. The van der Waals surface area contributed by atoms with Crippen LogP contribution in [0.1, 0.15) is 48.2 Å². The zero-order valence-electron chi connectivity index (χ0n) is 14.1. The van der Waals surface area contributed by atoms with E-state index in [-0.39, 0.29) is 5.91 Å². The van der Waals surface area contributed by atoms with Crippen molar-refractivity contribution in [3.05, 3.63) is 35.8 Å². The van der Waals surface area contributed by atoms with Crippen LogP contribution in [-0.4, -0.2) is 46.4 Å². The van der Waals surface area contributed by atoms with Crippen molar-refractivity contribution in [1.29, 1.82) is 0 Å². The first-order chi connectivity index (χ1) is 11.1. The zero-order chi connectivity index (χ0) is 16.2. The number of imidazole rings is 1. The second kappa shape index (κ2) is 7.13. The molecule has 0 aromatic carbocycles. The van der Waals surface area contributed by atoms with E-state index in [1.54, 1.807) is 6.20 Å². The molecule has 0 radical (unpaired) electrons. The van der Waals surface area contributed by atoms with E-state index >= 15 is 0 Å². The molecule has 1 saturated carbocycles. The Morgan fingerprint density at radius 1 is 1.30 bits per heavy atom. The number of hydrogen-bond donors (Lipinski definition) is 1. The van der Waals surface area contributed by atoms with Gasteiger partial charge in [0.25, 0.3) is 5.91 Å². The maximum Gasteiger partial charge on any atom is 0.271 e. The molecule has 3 rings (SSSR count). The molecule has 1 fully saturated rings. The minimum Gasteiger partial charge on any atom is -0.349 e. The van der Waals surface area contributed by atoms with Crippen LogP contribution in [0, 0.1) is 6.92 Å². The third kappa shape index (κ3) is 3.91. The largest absolute Gasteiger partial charge is 0.349 e. The van der Waals surface area contributed by atoms with Crippen LogP contribution in [-0.2, 0) is 0 Å². The van der Waals surface area contributed by atoms with Crippen LogP contribution in [0.15, 0.2) is 24.5 Å². The predicted octanol–water partition coefficient (Wildman–Crippen LogP) is 2.64. The fourth-order valence-corrected chi connectivity index (χ4v) is 3.35. The van der Waals surface area contributed by atoms with Gasteiger partial charge in [0.05, 0.1) is 0 Å². The number of hydrogen-bond acceptors (Lipinski definition) is 3. The highest BCUT2D eigenvalue weighted by molar-refractivity contribution is 5.92. The Morgan fingerprint density at radius 3 is 2.87 bits per heavy atom. The number of nitrogens with zero attached hydrogens (tertiary/aromatic N) is 3. The summed E-state index contributed by atoms with van der Waals surface area (Å²) in [7, 11) is 2.16.